The van der Waals surface area contributed by atoms with Crippen LogP contribution >= 0.6 is 0 Å². The molecule has 1 aromatic carbocycles. The monoisotopic (exact) mass is 451 g/mol. The van der Waals surface area contributed by atoms with E-state index in [0.717, 1.165) is 50.5 Å². The molecule has 180 valence electrons. The minimum atomic E-state index is -0.478. The highest BCUT2D eigenvalue weighted by Crippen LogP contribution is 2.60. The zero-order valence-electron chi connectivity index (χ0n) is 20.7. The number of benzene rings is 1. The van der Waals surface area contributed by atoms with Gasteiger partial charge >= 0.3 is 0 Å². The molecule has 1 heterocycles. The lowest BCUT2D eigenvalue weighted by atomic mass is 9.48. The molecule has 2 amide bonds. The Bertz CT molecular complexity index is 834. The molecule has 1 saturated heterocycles. The molecule has 5 heteroatoms. The largest absolute Gasteiger partial charge is 0.340 e. The number of amides is 2. The molecule has 1 aromatic rings. The maximum atomic E-state index is 13.2. The van der Waals surface area contributed by atoms with Gasteiger partial charge in [0.15, 0.2) is 0 Å². The summed E-state index contributed by atoms with van der Waals surface area (Å²) >= 11 is 0. The van der Waals surface area contributed by atoms with E-state index in [1.54, 1.807) is 0 Å². The van der Waals surface area contributed by atoms with Crippen LogP contribution in [0.15, 0.2) is 24.3 Å². The first kappa shape index (κ1) is 22.9. The molecule has 0 radical (unpaired) electrons. The van der Waals surface area contributed by atoms with Crippen molar-refractivity contribution in [2.24, 2.45) is 23.7 Å². The summed E-state index contributed by atoms with van der Waals surface area (Å²) < 4.78 is 0. The molecule has 4 saturated carbocycles. The van der Waals surface area contributed by atoms with Gasteiger partial charge in [-0.1, -0.05) is 32.9 Å². The summed E-state index contributed by atoms with van der Waals surface area (Å²) in [6.45, 7) is 10.5. The van der Waals surface area contributed by atoms with E-state index in [2.05, 4.69) is 29.3 Å². The molecule has 1 atom stereocenters. The van der Waals surface area contributed by atoms with Crippen molar-refractivity contribution >= 4 is 11.8 Å². The molecule has 4 aliphatic carbocycles. The molecule has 6 rings (SSSR count). The number of carbonyl (C=O) groups excluding carboxylic acids is 2. The van der Waals surface area contributed by atoms with Gasteiger partial charge in [-0.15, -0.1) is 0 Å². The molecule has 33 heavy (non-hydrogen) atoms. The molecule has 1 N–H and O–H groups in total. The van der Waals surface area contributed by atoms with Crippen molar-refractivity contribution in [2.75, 3.05) is 32.7 Å². The van der Waals surface area contributed by atoms with E-state index < -0.39 is 6.04 Å². The number of hydrogen-bond donors (Lipinski definition) is 1. The number of piperazine rings is 1. The fraction of sp³-hybridized carbons (Fsp3) is 0.714. The predicted octanol–water partition coefficient (Wildman–Crippen LogP) is 4.07. The van der Waals surface area contributed by atoms with Gasteiger partial charge in [0.1, 0.15) is 6.04 Å². The third-order valence-electron chi connectivity index (χ3n) is 9.15. The average molecular weight is 452 g/mol. The van der Waals surface area contributed by atoms with E-state index in [1.807, 2.05) is 30.9 Å². The van der Waals surface area contributed by atoms with Gasteiger partial charge in [-0.3, -0.25) is 9.59 Å². The van der Waals surface area contributed by atoms with Crippen LogP contribution in [0.2, 0.25) is 0 Å². The van der Waals surface area contributed by atoms with Gasteiger partial charge in [-0.2, -0.15) is 0 Å². The van der Waals surface area contributed by atoms with Crippen LogP contribution in [-0.4, -0.2) is 60.4 Å². The summed E-state index contributed by atoms with van der Waals surface area (Å²) in [4.78, 5) is 30.6. The van der Waals surface area contributed by atoms with Gasteiger partial charge in [0.25, 0.3) is 5.91 Å². The minimum Gasteiger partial charge on any atom is -0.340 e. The number of nitrogens with zero attached hydrogens (tertiary/aromatic N) is 2. The molecule has 0 spiro atoms. The first-order chi connectivity index (χ1) is 15.9. The summed E-state index contributed by atoms with van der Waals surface area (Å²) in [5.74, 6) is 2.71. The predicted molar refractivity (Wildman–Crippen MR) is 131 cm³/mol. The number of likely N-dealkylation sites (N-methyl/N-ethyl adjacent to an activating group) is 1. The Morgan fingerprint density at radius 3 is 1.97 bits per heavy atom. The SMILES string of the molecule is CCN1CCN(C(=O)[C@@H](NC(=O)c2ccc(C34CC5CC(CC(C5)C3)C4)cc2)C(C)C)CC1. The summed E-state index contributed by atoms with van der Waals surface area (Å²) in [5, 5.41) is 3.07. The fourth-order valence-electron chi connectivity index (χ4n) is 7.66. The Labute approximate surface area is 199 Å². The Morgan fingerprint density at radius 1 is 0.939 bits per heavy atom. The van der Waals surface area contributed by atoms with Crippen LogP contribution in [0.5, 0.6) is 0 Å². The quantitative estimate of drug-likeness (QED) is 0.709. The zero-order valence-corrected chi connectivity index (χ0v) is 20.7. The minimum absolute atomic E-state index is 0.0527. The Morgan fingerprint density at radius 2 is 1.48 bits per heavy atom. The van der Waals surface area contributed by atoms with Crippen molar-refractivity contribution in [3.63, 3.8) is 0 Å². The van der Waals surface area contributed by atoms with Gasteiger partial charge in [0, 0.05) is 31.7 Å². The number of carbonyl (C=O) groups is 2. The first-order valence-corrected chi connectivity index (χ1v) is 13.3. The van der Waals surface area contributed by atoms with Crippen molar-refractivity contribution in [1.82, 2.24) is 15.1 Å². The standard InChI is InChI=1S/C28H41N3O2/c1-4-30-9-11-31(12-10-30)27(33)25(19(2)3)29-26(32)23-5-7-24(8-6-23)28-16-20-13-21(17-28)15-22(14-20)18-28/h5-8,19-22,25H,4,9-18H2,1-3H3,(H,29,32)/t20?,21?,22?,25-,28?/m0/s1. The van der Waals surface area contributed by atoms with E-state index >= 15 is 0 Å². The van der Waals surface area contributed by atoms with E-state index in [-0.39, 0.29) is 17.7 Å². The second-order valence-electron chi connectivity index (χ2n) is 11.7. The topological polar surface area (TPSA) is 52.6 Å². The molecule has 0 unspecified atom stereocenters. The van der Waals surface area contributed by atoms with E-state index in [9.17, 15) is 9.59 Å². The third-order valence-corrected chi connectivity index (χ3v) is 9.15. The van der Waals surface area contributed by atoms with Crippen LogP contribution in [0.3, 0.4) is 0 Å². The fourth-order valence-corrected chi connectivity index (χ4v) is 7.66. The van der Waals surface area contributed by atoms with Crippen LogP contribution in [0.4, 0.5) is 0 Å². The molecule has 0 aromatic heterocycles. The van der Waals surface area contributed by atoms with Crippen molar-refractivity contribution in [1.29, 1.82) is 0 Å². The molecule has 5 nitrogen and oxygen atoms in total. The summed E-state index contributed by atoms with van der Waals surface area (Å²) in [7, 11) is 0. The normalized spacial score (nSPS) is 32.2. The van der Waals surface area contributed by atoms with Gasteiger partial charge in [0.2, 0.25) is 5.91 Å². The first-order valence-electron chi connectivity index (χ1n) is 13.3. The van der Waals surface area contributed by atoms with E-state index in [1.165, 1.54) is 44.1 Å². The average Bonchev–Trinajstić information content (AvgIpc) is 2.81. The zero-order chi connectivity index (χ0) is 23.2. The molecular formula is C28H41N3O2. The Hall–Kier alpha value is -1.88. The molecular weight excluding hydrogens is 410 g/mol. The number of hydrogen-bond acceptors (Lipinski definition) is 3. The van der Waals surface area contributed by atoms with Crippen molar-refractivity contribution in [3.8, 4) is 0 Å². The second-order valence-corrected chi connectivity index (χ2v) is 11.7. The van der Waals surface area contributed by atoms with Gasteiger partial charge in [0.05, 0.1) is 0 Å². The summed E-state index contributed by atoms with van der Waals surface area (Å²) in [5.41, 5.74) is 2.45. The summed E-state index contributed by atoms with van der Waals surface area (Å²) in [6.07, 6.45) is 8.33. The summed E-state index contributed by atoms with van der Waals surface area (Å²) in [6, 6.07) is 7.92. The lowest BCUT2D eigenvalue weighted by molar-refractivity contribution is -0.136. The van der Waals surface area contributed by atoms with Crippen LogP contribution in [0, 0.1) is 23.7 Å². The molecule has 1 aliphatic heterocycles. The highest BCUT2D eigenvalue weighted by molar-refractivity contribution is 5.97. The van der Waals surface area contributed by atoms with E-state index in [4.69, 9.17) is 0 Å². The highest BCUT2D eigenvalue weighted by Gasteiger charge is 2.51. The second kappa shape index (κ2) is 9.05. The Kier molecular flexibility index (Phi) is 6.28. The maximum absolute atomic E-state index is 13.2. The number of nitrogens with one attached hydrogen (secondary N) is 1. The van der Waals surface area contributed by atoms with Crippen LogP contribution in [0.1, 0.15) is 75.2 Å². The van der Waals surface area contributed by atoms with Gasteiger partial charge < -0.3 is 15.1 Å². The number of rotatable bonds is 6. The van der Waals surface area contributed by atoms with Crippen LogP contribution in [-0.2, 0) is 10.2 Å². The van der Waals surface area contributed by atoms with E-state index in [0.29, 0.717) is 11.0 Å². The molecule has 4 bridgehead atoms. The molecule has 5 fully saturated rings. The smallest absolute Gasteiger partial charge is 0.251 e. The van der Waals surface area contributed by atoms with Gasteiger partial charge in [-0.05, 0) is 91.9 Å². The maximum Gasteiger partial charge on any atom is 0.251 e. The van der Waals surface area contributed by atoms with Crippen molar-refractivity contribution in [3.05, 3.63) is 35.4 Å². The van der Waals surface area contributed by atoms with Gasteiger partial charge in [-0.25, -0.2) is 0 Å². The highest BCUT2D eigenvalue weighted by atomic mass is 16.2. The lowest BCUT2D eigenvalue weighted by Crippen LogP contribution is -2.56. The third kappa shape index (κ3) is 4.45. The Balaban J connectivity index is 1.25. The van der Waals surface area contributed by atoms with Crippen molar-refractivity contribution in [2.45, 2.75) is 70.8 Å². The van der Waals surface area contributed by atoms with Crippen LogP contribution < -0.4 is 5.32 Å². The van der Waals surface area contributed by atoms with Crippen molar-refractivity contribution < 1.29 is 9.59 Å². The van der Waals surface area contributed by atoms with Crippen LogP contribution in [0.25, 0.3) is 0 Å². The molecule has 5 aliphatic rings. The lowest BCUT2D eigenvalue weighted by Gasteiger charge is -2.57.